The fourth-order valence-corrected chi connectivity index (χ4v) is 3.50. The molecule has 1 heterocycles. The van der Waals surface area contributed by atoms with Gasteiger partial charge in [-0.2, -0.15) is 0 Å². The van der Waals surface area contributed by atoms with E-state index in [4.69, 9.17) is 5.73 Å². The molecule has 0 atom stereocenters. The molecule has 0 saturated carbocycles. The van der Waals surface area contributed by atoms with Crippen molar-refractivity contribution in [1.29, 1.82) is 0 Å². The lowest BCUT2D eigenvalue weighted by molar-refractivity contribution is -0.117. The third-order valence-electron chi connectivity index (χ3n) is 4.41. The molecule has 0 fully saturated rings. The number of hydrogen-bond donors (Lipinski definition) is 1. The maximum absolute atomic E-state index is 12.6. The number of nitrogens with two attached hydrogens (primary N) is 1. The number of anilines is 1. The van der Waals surface area contributed by atoms with Crippen LogP contribution in [0.15, 0.2) is 53.9 Å². The van der Waals surface area contributed by atoms with E-state index in [1.165, 1.54) is 16.9 Å². The van der Waals surface area contributed by atoms with E-state index in [1.54, 1.807) is 36.2 Å². The summed E-state index contributed by atoms with van der Waals surface area (Å²) < 4.78 is 0. The van der Waals surface area contributed by atoms with Crippen molar-refractivity contribution in [2.24, 2.45) is 5.73 Å². The van der Waals surface area contributed by atoms with Crippen molar-refractivity contribution >= 4 is 28.8 Å². The van der Waals surface area contributed by atoms with E-state index in [9.17, 15) is 9.59 Å². The smallest absolute Gasteiger partial charge is 0.248 e. The summed E-state index contributed by atoms with van der Waals surface area (Å²) in [4.78, 5) is 29.9. The van der Waals surface area contributed by atoms with Crippen LogP contribution in [-0.4, -0.2) is 23.8 Å². The van der Waals surface area contributed by atoms with Crippen molar-refractivity contribution in [2.75, 3.05) is 11.9 Å². The SMILES string of the molecule is CCc1ccc(-c2nc(CC(=O)N(C)c3ccc(C(N)=O)cc3)cs2)cc1. The van der Waals surface area contributed by atoms with Crippen LogP contribution in [0.1, 0.15) is 28.5 Å². The predicted molar refractivity (Wildman–Crippen MR) is 109 cm³/mol. The number of rotatable bonds is 6. The number of aromatic nitrogens is 1. The molecule has 3 aromatic rings. The van der Waals surface area contributed by atoms with Crippen LogP contribution in [-0.2, 0) is 17.6 Å². The normalized spacial score (nSPS) is 10.6. The second-order valence-corrected chi connectivity index (χ2v) is 7.09. The zero-order valence-corrected chi connectivity index (χ0v) is 16.1. The highest BCUT2D eigenvalue weighted by Crippen LogP contribution is 2.25. The number of primary amides is 1. The molecule has 138 valence electrons. The molecule has 2 amide bonds. The Morgan fingerprint density at radius 3 is 2.33 bits per heavy atom. The summed E-state index contributed by atoms with van der Waals surface area (Å²) in [5, 5.41) is 2.83. The second-order valence-electron chi connectivity index (χ2n) is 6.24. The molecule has 27 heavy (non-hydrogen) atoms. The van der Waals surface area contributed by atoms with Gasteiger partial charge in [-0.25, -0.2) is 4.98 Å². The second kappa shape index (κ2) is 8.14. The molecule has 6 heteroatoms. The number of amides is 2. The van der Waals surface area contributed by atoms with Gasteiger partial charge in [-0.05, 0) is 36.2 Å². The third kappa shape index (κ3) is 4.41. The molecule has 2 aromatic carbocycles. The molecule has 1 aromatic heterocycles. The monoisotopic (exact) mass is 379 g/mol. The minimum absolute atomic E-state index is 0.0694. The third-order valence-corrected chi connectivity index (χ3v) is 5.35. The van der Waals surface area contributed by atoms with Crippen LogP contribution in [0.2, 0.25) is 0 Å². The quantitative estimate of drug-likeness (QED) is 0.710. The zero-order chi connectivity index (χ0) is 19.4. The van der Waals surface area contributed by atoms with Gasteiger partial charge in [0.25, 0.3) is 0 Å². The first-order valence-electron chi connectivity index (χ1n) is 8.68. The summed E-state index contributed by atoms with van der Waals surface area (Å²) >= 11 is 1.54. The number of likely N-dealkylation sites (N-methyl/N-ethyl adjacent to an activating group) is 1. The van der Waals surface area contributed by atoms with Gasteiger partial charge in [0.05, 0.1) is 12.1 Å². The van der Waals surface area contributed by atoms with E-state index in [0.29, 0.717) is 11.3 Å². The molecule has 0 aliphatic rings. The molecule has 5 nitrogen and oxygen atoms in total. The van der Waals surface area contributed by atoms with Gasteiger partial charge < -0.3 is 10.6 Å². The number of benzene rings is 2. The summed E-state index contributed by atoms with van der Waals surface area (Å²) in [6.45, 7) is 2.13. The van der Waals surface area contributed by atoms with Gasteiger partial charge in [0, 0.05) is 29.2 Å². The fraction of sp³-hybridized carbons (Fsp3) is 0.190. The Kier molecular flexibility index (Phi) is 5.66. The summed E-state index contributed by atoms with van der Waals surface area (Å²) in [5.74, 6) is -0.558. The van der Waals surface area contributed by atoms with Gasteiger partial charge in [0.1, 0.15) is 5.01 Å². The van der Waals surface area contributed by atoms with Gasteiger partial charge >= 0.3 is 0 Å². The minimum atomic E-state index is -0.488. The van der Waals surface area contributed by atoms with Gasteiger partial charge in [-0.3, -0.25) is 9.59 Å². The summed E-state index contributed by atoms with van der Waals surface area (Å²) in [5.41, 5.74) is 9.46. The van der Waals surface area contributed by atoms with Gasteiger partial charge in [-0.15, -0.1) is 11.3 Å². The Morgan fingerprint density at radius 2 is 1.74 bits per heavy atom. The van der Waals surface area contributed by atoms with E-state index < -0.39 is 5.91 Å². The van der Waals surface area contributed by atoms with E-state index >= 15 is 0 Å². The van der Waals surface area contributed by atoms with Crippen molar-refractivity contribution in [2.45, 2.75) is 19.8 Å². The highest BCUT2D eigenvalue weighted by atomic mass is 32.1. The Hall–Kier alpha value is -2.99. The van der Waals surface area contributed by atoms with Crippen molar-refractivity contribution in [3.63, 3.8) is 0 Å². The van der Waals surface area contributed by atoms with Crippen LogP contribution >= 0.6 is 11.3 Å². The fourth-order valence-electron chi connectivity index (χ4n) is 2.67. The summed E-state index contributed by atoms with van der Waals surface area (Å²) in [7, 11) is 1.71. The first-order chi connectivity index (χ1) is 13.0. The maximum atomic E-state index is 12.6. The molecule has 0 radical (unpaired) electrons. The van der Waals surface area contributed by atoms with E-state index in [2.05, 4.69) is 36.2 Å². The van der Waals surface area contributed by atoms with Gasteiger partial charge in [0.2, 0.25) is 11.8 Å². The predicted octanol–water partition coefficient (Wildman–Crippen LogP) is 3.68. The van der Waals surface area contributed by atoms with Crippen molar-refractivity contribution in [3.8, 4) is 10.6 Å². The number of thiazole rings is 1. The van der Waals surface area contributed by atoms with Crippen LogP contribution in [0.3, 0.4) is 0 Å². The maximum Gasteiger partial charge on any atom is 0.248 e. The Bertz CT molecular complexity index is 946. The molecule has 0 aliphatic heterocycles. The van der Waals surface area contributed by atoms with E-state index in [1.807, 2.05) is 5.38 Å². The highest BCUT2D eigenvalue weighted by Gasteiger charge is 2.15. The topological polar surface area (TPSA) is 76.3 Å². The minimum Gasteiger partial charge on any atom is -0.366 e. The molecule has 0 spiro atoms. The average molecular weight is 379 g/mol. The summed E-state index contributed by atoms with van der Waals surface area (Å²) in [6, 6.07) is 15.0. The lowest BCUT2D eigenvalue weighted by Gasteiger charge is -2.17. The van der Waals surface area contributed by atoms with Crippen molar-refractivity contribution in [3.05, 3.63) is 70.7 Å². The number of carbonyl (C=O) groups excluding carboxylic acids is 2. The van der Waals surface area contributed by atoms with Crippen molar-refractivity contribution < 1.29 is 9.59 Å². The molecule has 0 bridgehead atoms. The Balaban J connectivity index is 1.68. The largest absolute Gasteiger partial charge is 0.366 e. The number of nitrogens with zero attached hydrogens (tertiary/aromatic N) is 2. The molecular weight excluding hydrogens is 358 g/mol. The molecule has 3 rings (SSSR count). The Labute approximate surface area is 162 Å². The first-order valence-corrected chi connectivity index (χ1v) is 9.56. The molecule has 0 saturated heterocycles. The van der Waals surface area contributed by atoms with Gasteiger partial charge in [0.15, 0.2) is 0 Å². The van der Waals surface area contributed by atoms with Gasteiger partial charge in [-0.1, -0.05) is 31.2 Å². The molecule has 0 unspecified atom stereocenters. The first kappa shape index (κ1) is 18.8. The van der Waals surface area contributed by atoms with E-state index in [0.717, 1.165) is 22.7 Å². The zero-order valence-electron chi connectivity index (χ0n) is 15.3. The molecule has 0 aliphatic carbocycles. The van der Waals surface area contributed by atoms with Crippen LogP contribution in [0.5, 0.6) is 0 Å². The van der Waals surface area contributed by atoms with Crippen molar-refractivity contribution in [1.82, 2.24) is 4.98 Å². The van der Waals surface area contributed by atoms with Crippen LogP contribution in [0, 0.1) is 0 Å². The number of hydrogen-bond acceptors (Lipinski definition) is 4. The molecular formula is C21H21N3O2S. The Morgan fingerprint density at radius 1 is 1.07 bits per heavy atom. The van der Waals surface area contributed by atoms with Crippen LogP contribution in [0.25, 0.3) is 10.6 Å². The summed E-state index contributed by atoms with van der Waals surface area (Å²) in [6.07, 6.45) is 1.22. The van der Waals surface area contributed by atoms with Crippen LogP contribution in [0.4, 0.5) is 5.69 Å². The lowest BCUT2D eigenvalue weighted by atomic mass is 10.1. The van der Waals surface area contributed by atoms with Crippen LogP contribution < -0.4 is 10.6 Å². The molecule has 2 N–H and O–H groups in total. The number of aryl methyl sites for hydroxylation is 1. The number of carbonyl (C=O) groups is 2. The average Bonchev–Trinajstić information content (AvgIpc) is 3.16. The lowest BCUT2D eigenvalue weighted by Crippen LogP contribution is -2.28. The van der Waals surface area contributed by atoms with E-state index in [-0.39, 0.29) is 12.3 Å². The highest BCUT2D eigenvalue weighted by molar-refractivity contribution is 7.13. The standard InChI is InChI=1S/C21H21N3O2S/c1-3-14-4-6-16(7-5-14)21-23-17(13-27-21)12-19(25)24(2)18-10-8-15(9-11-18)20(22)26/h4-11,13H,3,12H2,1-2H3,(H2,22,26).